The third kappa shape index (κ3) is 3.39. The molecular weight excluding hydrogens is 228 g/mol. The second kappa shape index (κ2) is 5.50. The Hall–Kier alpha value is 0.270. The average Bonchev–Trinajstić information content (AvgIpc) is 2.27. The van der Waals surface area contributed by atoms with E-state index in [1.54, 1.807) is 0 Å². The van der Waals surface area contributed by atoms with Gasteiger partial charge < -0.3 is 5.73 Å². The lowest BCUT2D eigenvalue weighted by Gasteiger charge is -2.47. The number of rotatable bonds is 2. The Morgan fingerprint density at radius 2 is 2.12 bits per heavy atom. The Morgan fingerprint density at radius 3 is 2.76 bits per heavy atom. The van der Waals surface area contributed by atoms with Crippen LogP contribution in [0.3, 0.4) is 0 Å². The number of likely N-dealkylation sites (tertiary alicyclic amines) is 1. The lowest BCUT2D eigenvalue weighted by Crippen LogP contribution is -2.56. The van der Waals surface area contributed by atoms with Crippen LogP contribution in [-0.4, -0.2) is 41.1 Å². The molecule has 0 saturated carbocycles. The zero-order valence-electron chi connectivity index (χ0n) is 11.6. The molecule has 0 amide bonds. The first kappa shape index (κ1) is 13.7. The van der Waals surface area contributed by atoms with Gasteiger partial charge in [-0.05, 0) is 43.9 Å². The zero-order chi connectivity index (χ0) is 12.5. The van der Waals surface area contributed by atoms with Crippen molar-refractivity contribution in [1.29, 1.82) is 0 Å². The van der Waals surface area contributed by atoms with E-state index in [-0.39, 0.29) is 0 Å². The Kier molecular flexibility index (Phi) is 4.43. The second-order valence-corrected chi connectivity index (χ2v) is 7.73. The van der Waals surface area contributed by atoms with E-state index >= 15 is 0 Å². The molecule has 0 bridgehead atoms. The molecule has 2 fully saturated rings. The topological polar surface area (TPSA) is 29.3 Å². The Bertz CT molecular complexity index is 253. The minimum absolute atomic E-state index is 0.324. The normalized spacial score (nSPS) is 36.7. The minimum Gasteiger partial charge on any atom is -0.327 e. The summed E-state index contributed by atoms with van der Waals surface area (Å²) in [6.45, 7) is 8.28. The Balaban J connectivity index is 2.03. The van der Waals surface area contributed by atoms with Crippen LogP contribution in [0.5, 0.6) is 0 Å². The molecule has 3 atom stereocenters. The van der Waals surface area contributed by atoms with Crippen molar-refractivity contribution in [2.75, 3.05) is 18.1 Å². The molecule has 3 heteroatoms. The van der Waals surface area contributed by atoms with Gasteiger partial charge in [-0.25, -0.2) is 0 Å². The Labute approximate surface area is 111 Å². The third-order valence-corrected chi connectivity index (χ3v) is 5.87. The van der Waals surface area contributed by atoms with Crippen LogP contribution >= 0.6 is 11.8 Å². The lowest BCUT2D eigenvalue weighted by atomic mass is 9.85. The number of thioether (sulfide) groups is 1. The van der Waals surface area contributed by atoms with Crippen molar-refractivity contribution in [2.24, 2.45) is 11.1 Å². The molecule has 2 rings (SSSR count). The molecule has 0 aromatic heterocycles. The van der Waals surface area contributed by atoms with Crippen molar-refractivity contribution in [3.63, 3.8) is 0 Å². The molecule has 2 heterocycles. The largest absolute Gasteiger partial charge is 0.327 e. The average molecular weight is 256 g/mol. The third-order valence-electron chi connectivity index (χ3n) is 4.26. The first-order valence-electron chi connectivity index (χ1n) is 7.09. The maximum atomic E-state index is 6.18. The molecule has 2 N–H and O–H groups in total. The SMILES string of the molecule is CC(N)C1CCCCN1C1CSCC(C)(C)C1. The quantitative estimate of drug-likeness (QED) is 0.824. The monoisotopic (exact) mass is 256 g/mol. The molecule has 0 aromatic carbocycles. The minimum atomic E-state index is 0.324. The maximum Gasteiger partial charge on any atom is 0.0247 e. The summed E-state index contributed by atoms with van der Waals surface area (Å²) in [4.78, 5) is 2.74. The van der Waals surface area contributed by atoms with Crippen LogP contribution in [0, 0.1) is 5.41 Å². The molecule has 0 aliphatic carbocycles. The van der Waals surface area contributed by atoms with Crippen molar-refractivity contribution in [3.05, 3.63) is 0 Å². The van der Waals surface area contributed by atoms with Crippen molar-refractivity contribution in [2.45, 2.75) is 64.6 Å². The van der Waals surface area contributed by atoms with E-state index in [1.807, 2.05) is 0 Å². The van der Waals surface area contributed by atoms with Crippen LogP contribution in [0.4, 0.5) is 0 Å². The van der Waals surface area contributed by atoms with Gasteiger partial charge >= 0.3 is 0 Å². The van der Waals surface area contributed by atoms with Crippen molar-refractivity contribution < 1.29 is 0 Å². The van der Waals surface area contributed by atoms with Gasteiger partial charge in [0.25, 0.3) is 0 Å². The summed E-state index contributed by atoms with van der Waals surface area (Å²) in [6.07, 6.45) is 5.39. The number of piperidine rings is 1. The molecule has 0 aromatic rings. The highest BCUT2D eigenvalue weighted by atomic mass is 32.2. The first-order chi connectivity index (χ1) is 7.99. The predicted molar refractivity (Wildman–Crippen MR) is 77.5 cm³/mol. The van der Waals surface area contributed by atoms with E-state index in [0.717, 1.165) is 6.04 Å². The predicted octanol–water partition coefficient (Wildman–Crippen LogP) is 2.72. The molecule has 2 aliphatic rings. The van der Waals surface area contributed by atoms with E-state index in [9.17, 15) is 0 Å². The molecule has 3 unspecified atom stereocenters. The van der Waals surface area contributed by atoms with Gasteiger partial charge in [0.2, 0.25) is 0 Å². The van der Waals surface area contributed by atoms with Crippen LogP contribution < -0.4 is 5.73 Å². The first-order valence-corrected chi connectivity index (χ1v) is 8.24. The fourth-order valence-corrected chi connectivity index (χ4v) is 4.81. The van der Waals surface area contributed by atoms with E-state index in [1.165, 1.54) is 43.7 Å². The van der Waals surface area contributed by atoms with Crippen LogP contribution in [0.1, 0.15) is 46.5 Å². The fraction of sp³-hybridized carbons (Fsp3) is 1.00. The highest BCUT2D eigenvalue weighted by Crippen LogP contribution is 2.37. The standard InChI is InChI=1S/C14H28N2S/c1-11(15)13-6-4-5-7-16(13)12-8-14(2,3)10-17-9-12/h11-13H,4-10,15H2,1-3H3. The van der Waals surface area contributed by atoms with E-state index in [4.69, 9.17) is 5.73 Å². The summed E-state index contributed by atoms with van der Waals surface area (Å²) >= 11 is 2.13. The maximum absolute atomic E-state index is 6.18. The molecule has 2 saturated heterocycles. The van der Waals surface area contributed by atoms with Gasteiger partial charge in [0.15, 0.2) is 0 Å². The molecule has 0 spiro atoms. The number of nitrogens with zero attached hydrogens (tertiary/aromatic N) is 1. The molecular formula is C14H28N2S. The van der Waals surface area contributed by atoms with E-state index in [0.29, 0.717) is 17.5 Å². The van der Waals surface area contributed by atoms with Gasteiger partial charge in [-0.1, -0.05) is 20.3 Å². The summed E-state index contributed by atoms with van der Waals surface area (Å²) in [5, 5.41) is 0. The van der Waals surface area contributed by atoms with E-state index < -0.39 is 0 Å². The van der Waals surface area contributed by atoms with Crippen LogP contribution in [0.2, 0.25) is 0 Å². The van der Waals surface area contributed by atoms with Crippen molar-refractivity contribution in [3.8, 4) is 0 Å². The summed E-state index contributed by atoms with van der Waals surface area (Å²) in [5.41, 5.74) is 6.69. The van der Waals surface area contributed by atoms with Gasteiger partial charge in [-0.2, -0.15) is 11.8 Å². The summed E-state index contributed by atoms with van der Waals surface area (Å²) < 4.78 is 0. The molecule has 2 aliphatic heterocycles. The Morgan fingerprint density at radius 1 is 1.35 bits per heavy atom. The van der Waals surface area contributed by atoms with Gasteiger partial charge in [0, 0.05) is 23.9 Å². The van der Waals surface area contributed by atoms with Crippen molar-refractivity contribution >= 4 is 11.8 Å². The number of nitrogens with two attached hydrogens (primary N) is 1. The number of hydrogen-bond donors (Lipinski definition) is 1. The van der Waals surface area contributed by atoms with Crippen molar-refractivity contribution in [1.82, 2.24) is 4.90 Å². The molecule has 2 nitrogen and oxygen atoms in total. The second-order valence-electron chi connectivity index (χ2n) is 6.70. The molecule has 17 heavy (non-hydrogen) atoms. The zero-order valence-corrected chi connectivity index (χ0v) is 12.4. The van der Waals surface area contributed by atoms with Gasteiger partial charge in [0.1, 0.15) is 0 Å². The molecule has 100 valence electrons. The summed E-state index contributed by atoms with van der Waals surface area (Å²) in [7, 11) is 0. The highest BCUT2D eigenvalue weighted by Gasteiger charge is 2.36. The number of hydrogen-bond acceptors (Lipinski definition) is 3. The summed E-state index contributed by atoms with van der Waals surface area (Å²) in [6, 6.07) is 1.72. The van der Waals surface area contributed by atoms with Crippen LogP contribution in [0.15, 0.2) is 0 Å². The van der Waals surface area contributed by atoms with E-state index in [2.05, 4.69) is 37.4 Å². The van der Waals surface area contributed by atoms with Gasteiger partial charge in [-0.15, -0.1) is 0 Å². The lowest BCUT2D eigenvalue weighted by molar-refractivity contribution is 0.0679. The van der Waals surface area contributed by atoms with Gasteiger partial charge in [0.05, 0.1) is 0 Å². The fourth-order valence-electron chi connectivity index (χ4n) is 3.44. The molecule has 0 radical (unpaired) electrons. The highest BCUT2D eigenvalue weighted by molar-refractivity contribution is 7.99. The van der Waals surface area contributed by atoms with Crippen LogP contribution in [-0.2, 0) is 0 Å². The summed E-state index contributed by atoms with van der Waals surface area (Å²) in [5.74, 6) is 2.63. The van der Waals surface area contributed by atoms with Crippen LogP contribution in [0.25, 0.3) is 0 Å². The van der Waals surface area contributed by atoms with Gasteiger partial charge in [-0.3, -0.25) is 4.90 Å². The smallest absolute Gasteiger partial charge is 0.0247 e.